The van der Waals surface area contributed by atoms with Gasteiger partial charge in [-0.1, -0.05) is 0 Å². The minimum atomic E-state index is -4.43. The number of nitrogens with two attached hydrogens (primary N) is 1. The third-order valence-electron chi connectivity index (χ3n) is 2.14. The van der Waals surface area contributed by atoms with Gasteiger partial charge in [0.25, 0.3) is 0 Å². The minimum Gasteiger partial charge on any atom is -0.398 e. The normalized spacial score (nSPS) is 11.5. The highest BCUT2D eigenvalue weighted by Crippen LogP contribution is 2.34. The van der Waals surface area contributed by atoms with Gasteiger partial charge in [0, 0.05) is 24.5 Å². The quantitative estimate of drug-likeness (QED) is 0.622. The van der Waals surface area contributed by atoms with E-state index < -0.39 is 11.7 Å². The number of alkyl halides is 3. The molecule has 0 saturated heterocycles. The molecule has 0 aromatic heterocycles. The average Bonchev–Trinajstić information content (AvgIpc) is 2.25. The number of halogens is 3. The lowest BCUT2D eigenvalue weighted by Gasteiger charge is -2.13. The van der Waals surface area contributed by atoms with Gasteiger partial charge in [0.05, 0.1) is 12.2 Å². The molecule has 0 bridgehead atoms. The molecule has 0 spiro atoms. The second kappa shape index (κ2) is 5.77. The molecule has 17 heavy (non-hydrogen) atoms. The summed E-state index contributed by atoms with van der Waals surface area (Å²) in [6, 6.07) is 3.75. The van der Waals surface area contributed by atoms with Gasteiger partial charge in [-0.3, -0.25) is 0 Å². The second-order valence-corrected chi connectivity index (χ2v) is 3.42. The van der Waals surface area contributed by atoms with Crippen LogP contribution in [-0.4, -0.2) is 19.8 Å². The van der Waals surface area contributed by atoms with Crippen molar-refractivity contribution in [3.05, 3.63) is 23.8 Å². The van der Waals surface area contributed by atoms with Crippen LogP contribution in [0.3, 0.4) is 0 Å². The molecular formula is C11H15F3N2O. The van der Waals surface area contributed by atoms with E-state index in [0.717, 1.165) is 6.07 Å². The number of nitrogen functional groups attached to an aromatic ring is 1. The van der Waals surface area contributed by atoms with Crippen LogP contribution in [0.25, 0.3) is 0 Å². The van der Waals surface area contributed by atoms with Gasteiger partial charge in [0.2, 0.25) is 0 Å². The molecule has 0 heterocycles. The molecule has 0 aliphatic carbocycles. The zero-order valence-corrected chi connectivity index (χ0v) is 9.47. The fourth-order valence-electron chi connectivity index (χ4n) is 1.32. The van der Waals surface area contributed by atoms with E-state index in [2.05, 4.69) is 5.32 Å². The predicted octanol–water partition coefficient (Wildman–Crippen LogP) is 2.74. The lowest BCUT2D eigenvalue weighted by atomic mass is 10.1. The van der Waals surface area contributed by atoms with Crippen LogP contribution in [-0.2, 0) is 10.9 Å². The summed E-state index contributed by atoms with van der Waals surface area (Å²) in [5, 5.41) is 2.84. The molecule has 0 amide bonds. The number of nitrogens with one attached hydrogen (secondary N) is 1. The van der Waals surface area contributed by atoms with Crippen molar-refractivity contribution in [1.82, 2.24) is 0 Å². The first kappa shape index (κ1) is 13.6. The molecule has 6 heteroatoms. The van der Waals surface area contributed by atoms with Gasteiger partial charge in [0.1, 0.15) is 0 Å². The van der Waals surface area contributed by atoms with Crippen molar-refractivity contribution < 1.29 is 17.9 Å². The van der Waals surface area contributed by atoms with Crippen LogP contribution < -0.4 is 11.1 Å². The SMILES string of the molecule is CCOCCNc1ccc(N)c(C(F)(F)F)c1. The van der Waals surface area contributed by atoms with Gasteiger partial charge < -0.3 is 15.8 Å². The summed E-state index contributed by atoms with van der Waals surface area (Å²) in [6.07, 6.45) is -4.43. The van der Waals surface area contributed by atoms with E-state index in [9.17, 15) is 13.2 Å². The molecule has 1 rings (SSSR count). The van der Waals surface area contributed by atoms with Gasteiger partial charge in [-0.15, -0.1) is 0 Å². The highest BCUT2D eigenvalue weighted by Gasteiger charge is 2.33. The molecule has 0 aliphatic heterocycles. The summed E-state index contributed by atoms with van der Waals surface area (Å²) in [5.41, 5.74) is 4.57. The summed E-state index contributed by atoms with van der Waals surface area (Å²) in [6.45, 7) is 3.33. The molecule has 1 aromatic carbocycles. The molecule has 96 valence electrons. The molecule has 0 fully saturated rings. The second-order valence-electron chi connectivity index (χ2n) is 3.42. The number of hydrogen-bond acceptors (Lipinski definition) is 3. The fourth-order valence-corrected chi connectivity index (χ4v) is 1.32. The smallest absolute Gasteiger partial charge is 0.398 e. The van der Waals surface area contributed by atoms with E-state index in [0.29, 0.717) is 25.4 Å². The standard InChI is InChI=1S/C11H15F3N2O/c1-2-17-6-5-16-8-3-4-10(15)9(7-8)11(12,13)14/h3-4,7,16H,2,5-6,15H2,1H3. The van der Waals surface area contributed by atoms with Crippen LogP contribution in [0.1, 0.15) is 12.5 Å². The van der Waals surface area contributed by atoms with E-state index in [-0.39, 0.29) is 5.69 Å². The summed E-state index contributed by atoms with van der Waals surface area (Å²) in [5.74, 6) is 0. The number of anilines is 2. The van der Waals surface area contributed by atoms with Crippen LogP contribution in [0.4, 0.5) is 24.5 Å². The van der Waals surface area contributed by atoms with Crippen LogP contribution in [0.15, 0.2) is 18.2 Å². The molecule has 0 saturated carbocycles. The first-order valence-corrected chi connectivity index (χ1v) is 5.23. The van der Waals surface area contributed by atoms with Crippen molar-refractivity contribution in [3.8, 4) is 0 Å². The Kier molecular flexibility index (Phi) is 4.62. The van der Waals surface area contributed by atoms with Crippen LogP contribution >= 0.6 is 0 Å². The van der Waals surface area contributed by atoms with Gasteiger partial charge in [-0.25, -0.2) is 0 Å². The Labute approximate surface area is 97.8 Å². The topological polar surface area (TPSA) is 47.3 Å². The summed E-state index contributed by atoms with van der Waals surface area (Å²) in [7, 11) is 0. The Morgan fingerprint density at radius 2 is 2.06 bits per heavy atom. The molecule has 0 radical (unpaired) electrons. The maximum atomic E-state index is 12.5. The van der Waals surface area contributed by atoms with Crippen molar-refractivity contribution in [3.63, 3.8) is 0 Å². The van der Waals surface area contributed by atoms with Crippen molar-refractivity contribution in [2.75, 3.05) is 30.8 Å². The van der Waals surface area contributed by atoms with E-state index in [4.69, 9.17) is 10.5 Å². The van der Waals surface area contributed by atoms with E-state index in [1.807, 2.05) is 6.92 Å². The number of rotatable bonds is 5. The summed E-state index contributed by atoms with van der Waals surface area (Å²) in [4.78, 5) is 0. The van der Waals surface area contributed by atoms with Crippen LogP contribution in [0.2, 0.25) is 0 Å². The van der Waals surface area contributed by atoms with Crippen LogP contribution in [0, 0.1) is 0 Å². The fraction of sp³-hybridized carbons (Fsp3) is 0.455. The molecular weight excluding hydrogens is 233 g/mol. The Morgan fingerprint density at radius 1 is 1.35 bits per heavy atom. The monoisotopic (exact) mass is 248 g/mol. The molecule has 0 atom stereocenters. The molecule has 0 unspecified atom stereocenters. The molecule has 3 nitrogen and oxygen atoms in total. The lowest BCUT2D eigenvalue weighted by Crippen LogP contribution is -2.12. The largest absolute Gasteiger partial charge is 0.418 e. The Hall–Kier alpha value is -1.43. The Balaban J connectivity index is 2.69. The van der Waals surface area contributed by atoms with Gasteiger partial charge in [-0.2, -0.15) is 13.2 Å². The van der Waals surface area contributed by atoms with Crippen molar-refractivity contribution >= 4 is 11.4 Å². The van der Waals surface area contributed by atoms with Gasteiger partial charge >= 0.3 is 6.18 Å². The van der Waals surface area contributed by atoms with E-state index in [1.165, 1.54) is 12.1 Å². The van der Waals surface area contributed by atoms with Crippen molar-refractivity contribution in [2.24, 2.45) is 0 Å². The zero-order valence-electron chi connectivity index (χ0n) is 9.47. The number of hydrogen-bond donors (Lipinski definition) is 2. The predicted molar refractivity (Wildman–Crippen MR) is 60.8 cm³/mol. The first-order chi connectivity index (χ1) is 7.95. The maximum absolute atomic E-state index is 12.5. The highest BCUT2D eigenvalue weighted by molar-refractivity contribution is 5.58. The lowest BCUT2D eigenvalue weighted by molar-refractivity contribution is -0.136. The van der Waals surface area contributed by atoms with Crippen molar-refractivity contribution in [2.45, 2.75) is 13.1 Å². The Morgan fingerprint density at radius 3 is 2.65 bits per heavy atom. The van der Waals surface area contributed by atoms with Crippen LogP contribution in [0.5, 0.6) is 0 Å². The van der Waals surface area contributed by atoms with Crippen molar-refractivity contribution in [1.29, 1.82) is 0 Å². The zero-order chi connectivity index (χ0) is 12.9. The first-order valence-electron chi connectivity index (χ1n) is 5.23. The average molecular weight is 248 g/mol. The molecule has 0 aliphatic rings. The summed E-state index contributed by atoms with van der Waals surface area (Å²) >= 11 is 0. The minimum absolute atomic E-state index is 0.271. The highest BCUT2D eigenvalue weighted by atomic mass is 19.4. The molecule has 1 aromatic rings. The van der Waals surface area contributed by atoms with Gasteiger partial charge in [-0.05, 0) is 25.1 Å². The molecule has 3 N–H and O–H groups in total. The third kappa shape index (κ3) is 4.14. The number of ether oxygens (including phenoxy) is 1. The van der Waals surface area contributed by atoms with E-state index >= 15 is 0 Å². The van der Waals surface area contributed by atoms with E-state index in [1.54, 1.807) is 0 Å². The Bertz CT molecular complexity index is 366. The van der Waals surface area contributed by atoms with Gasteiger partial charge in [0.15, 0.2) is 0 Å². The number of benzene rings is 1. The maximum Gasteiger partial charge on any atom is 0.418 e. The third-order valence-corrected chi connectivity index (χ3v) is 2.14. The summed E-state index contributed by atoms with van der Waals surface area (Å²) < 4.78 is 42.7.